The van der Waals surface area contributed by atoms with Crippen molar-refractivity contribution in [3.05, 3.63) is 145 Å². The van der Waals surface area contributed by atoms with Crippen molar-refractivity contribution in [2.45, 2.75) is 0 Å². The van der Waals surface area contributed by atoms with E-state index in [1.807, 2.05) is 84.9 Å². The van der Waals surface area contributed by atoms with Gasteiger partial charge in [0.15, 0.2) is 7.14 Å². The summed E-state index contributed by atoms with van der Waals surface area (Å²) in [5.74, 6) is -0.671. The average Bonchev–Trinajstić information content (AvgIpc) is 2.97. The molecule has 0 aliphatic rings. The molecule has 5 heteroatoms. The molecule has 1 aromatic heterocycles. The lowest BCUT2D eigenvalue weighted by atomic mass is 9.98. The van der Waals surface area contributed by atoms with Crippen molar-refractivity contribution in [3.63, 3.8) is 0 Å². The highest BCUT2D eigenvalue weighted by atomic mass is 31.2. The number of nitrogens with zero attached hydrogens (tertiary/aromatic N) is 1. The third-order valence-electron chi connectivity index (χ3n) is 6.69. The van der Waals surface area contributed by atoms with Crippen LogP contribution in [0.2, 0.25) is 0 Å². The van der Waals surface area contributed by atoms with E-state index in [0.717, 1.165) is 22.1 Å². The van der Waals surface area contributed by atoms with Gasteiger partial charge in [0.1, 0.15) is 11.6 Å². The predicted molar refractivity (Wildman–Crippen MR) is 152 cm³/mol. The van der Waals surface area contributed by atoms with Gasteiger partial charge in [-0.3, -0.25) is 0 Å². The van der Waals surface area contributed by atoms with E-state index in [2.05, 4.69) is 0 Å². The van der Waals surface area contributed by atoms with Crippen molar-refractivity contribution < 1.29 is 13.3 Å². The minimum absolute atomic E-state index is 0.329. The molecule has 0 atom stereocenters. The van der Waals surface area contributed by atoms with E-state index in [1.165, 1.54) is 24.3 Å². The first-order valence-corrected chi connectivity index (χ1v) is 13.9. The molecular formula is C33H22F2NOP. The Kier molecular flexibility index (Phi) is 6.19. The number of pyridine rings is 1. The zero-order valence-corrected chi connectivity index (χ0v) is 21.2. The molecule has 0 saturated carbocycles. The van der Waals surface area contributed by atoms with E-state index in [9.17, 15) is 8.78 Å². The van der Waals surface area contributed by atoms with Crippen molar-refractivity contribution in [2.24, 2.45) is 0 Å². The highest BCUT2D eigenvalue weighted by molar-refractivity contribution is 7.85. The van der Waals surface area contributed by atoms with E-state index in [1.54, 1.807) is 24.3 Å². The quantitative estimate of drug-likeness (QED) is 0.222. The number of benzene rings is 5. The Morgan fingerprint density at radius 2 is 1.08 bits per heavy atom. The second-order valence-corrected chi connectivity index (χ2v) is 11.8. The molecule has 0 aliphatic heterocycles. The van der Waals surface area contributed by atoms with Crippen LogP contribution in [0.15, 0.2) is 133 Å². The number of fused-ring (bicyclic) bond motifs is 1. The van der Waals surface area contributed by atoms with Crippen LogP contribution in [0.5, 0.6) is 0 Å². The first kappa shape index (κ1) is 24.0. The molecule has 0 amide bonds. The second kappa shape index (κ2) is 9.81. The van der Waals surface area contributed by atoms with Gasteiger partial charge in [0.2, 0.25) is 0 Å². The van der Waals surface area contributed by atoms with Gasteiger partial charge in [0.05, 0.1) is 11.2 Å². The molecule has 0 radical (unpaired) electrons. The van der Waals surface area contributed by atoms with Crippen LogP contribution in [-0.4, -0.2) is 4.98 Å². The molecule has 38 heavy (non-hydrogen) atoms. The summed E-state index contributed by atoms with van der Waals surface area (Å²) in [4.78, 5) is 5.03. The van der Waals surface area contributed by atoms with E-state index < -0.39 is 7.14 Å². The van der Waals surface area contributed by atoms with Crippen LogP contribution in [0.25, 0.3) is 33.3 Å². The van der Waals surface area contributed by atoms with E-state index in [4.69, 9.17) is 4.98 Å². The van der Waals surface area contributed by atoms with E-state index >= 15 is 4.57 Å². The molecule has 0 N–H and O–H groups in total. The van der Waals surface area contributed by atoms with Crippen LogP contribution >= 0.6 is 7.14 Å². The summed E-state index contributed by atoms with van der Waals surface area (Å²) in [5, 5.41) is 2.82. The minimum atomic E-state index is -3.34. The Morgan fingerprint density at radius 1 is 0.553 bits per heavy atom. The fourth-order valence-corrected chi connectivity index (χ4v) is 7.63. The lowest BCUT2D eigenvalue weighted by molar-refractivity contribution is 0.592. The summed E-state index contributed by atoms with van der Waals surface area (Å²) in [6.45, 7) is 0. The van der Waals surface area contributed by atoms with Gasteiger partial charge in [-0.2, -0.15) is 0 Å². The fraction of sp³-hybridized carbons (Fsp3) is 0. The molecule has 6 rings (SSSR count). The highest BCUT2D eigenvalue weighted by Gasteiger charge is 2.32. The van der Waals surface area contributed by atoms with Crippen molar-refractivity contribution >= 4 is 34.0 Å². The summed E-state index contributed by atoms with van der Waals surface area (Å²) in [7, 11) is -3.34. The van der Waals surface area contributed by atoms with Crippen LogP contribution in [0.3, 0.4) is 0 Å². The lowest BCUT2D eigenvalue weighted by Gasteiger charge is -2.22. The van der Waals surface area contributed by atoms with Gasteiger partial charge in [0.25, 0.3) is 0 Å². The maximum Gasteiger partial charge on any atom is 0.173 e. The maximum absolute atomic E-state index is 15.3. The number of hydrogen-bond acceptors (Lipinski definition) is 2. The lowest BCUT2D eigenvalue weighted by Crippen LogP contribution is -2.26. The van der Waals surface area contributed by atoms with Gasteiger partial charge in [-0.25, -0.2) is 13.8 Å². The van der Waals surface area contributed by atoms with Crippen LogP contribution < -0.4 is 15.9 Å². The first-order valence-electron chi connectivity index (χ1n) is 12.2. The van der Waals surface area contributed by atoms with Gasteiger partial charge in [0, 0.05) is 26.9 Å². The number of rotatable bonds is 5. The summed E-state index contributed by atoms with van der Waals surface area (Å²) >= 11 is 0. The van der Waals surface area contributed by atoms with Gasteiger partial charge < -0.3 is 4.57 Å². The van der Waals surface area contributed by atoms with Crippen molar-refractivity contribution in [1.29, 1.82) is 0 Å². The van der Waals surface area contributed by atoms with Gasteiger partial charge in [-0.05, 0) is 59.7 Å². The average molecular weight is 518 g/mol. The Balaban J connectivity index is 1.71. The highest BCUT2D eigenvalue weighted by Crippen LogP contribution is 2.45. The predicted octanol–water partition coefficient (Wildman–Crippen LogP) is 7.49. The molecule has 0 aliphatic carbocycles. The molecule has 184 valence electrons. The molecule has 1 heterocycles. The summed E-state index contributed by atoms with van der Waals surface area (Å²) in [6, 6.07) is 38.9. The minimum Gasteiger partial charge on any atom is -0.309 e. The zero-order chi connectivity index (χ0) is 26.1. The monoisotopic (exact) mass is 517 g/mol. The molecule has 0 fully saturated rings. The summed E-state index contributed by atoms with van der Waals surface area (Å²) < 4.78 is 42.8. The standard InChI is InChI=1S/C33H22F2NOP/c34-25-18-14-23(15-19-25)30-22-31(24-16-20-26(35)21-17-24)36-33-29(30)12-7-13-32(33)38(37,27-8-3-1-4-9-27)28-10-5-2-6-11-28/h1-22H. The van der Waals surface area contributed by atoms with Crippen molar-refractivity contribution in [3.8, 4) is 22.4 Å². The molecular weight excluding hydrogens is 495 g/mol. The fourth-order valence-electron chi connectivity index (χ4n) is 4.83. The molecule has 0 bridgehead atoms. The molecule has 6 aromatic rings. The summed E-state index contributed by atoms with van der Waals surface area (Å²) in [5.41, 5.74) is 3.54. The molecule has 5 aromatic carbocycles. The maximum atomic E-state index is 15.3. The van der Waals surface area contributed by atoms with Crippen molar-refractivity contribution in [2.75, 3.05) is 0 Å². The third-order valence-corrected chi connectivity index (χ3v) is 9.78. The molecule has 0 spiro atoms. The molecule has 0 saturated heterocycles. The summed E-state index contributed by atoms with van der Waals surface area (Å²) in [6.07, 6.45) is 0. The second-order valence-electron chi connectivity index (χ2n) is 9.02. The zero-order valence-electron chi connectivity index (χ0n) is 20.3. The smallest absolute Gasteiger partial charge is 0.173 e. The third kappa shape index (κ3) is 4.23. The van der Waals surface area contributed by atoms with Crippen LogP contribution in [0.4, 0.5) is 8.78 Å². The van der Waals surface area contributed by atoms with Crippen molar-refractivity contribution in [1.82, 2.24) is 4.98 Å². The number of aromatic nitrogens is 1. The number of para-hydroxylation sites is 1. The van der Waals surface area contributed by atoms with Crippen LogP contribution in [-0.2, 0) is 4.57 Å². The van der Waals surface area contributed by atoms with Gasteiger partial charge >= 0.3 is 0 Å². The van der Waals surface area contributed by atoms with E-state index in [-0.39, 0.29) is 11.6 Å². The largest absolute Gasteiger partial charge is 0.309 e. The van der Waals surface area contributed by atoms with Gasteiger partial charge in [-0.15, -0.1) is 0 Å². The van der Waals surface area contributed by atoms with Gasteiger partial charge in [-0.1, -0.05) is 84.9 Å². The Morgan fingerprint density at radius 3 is 1.63 bits per heavy atom. The SMILES string of the molecule is O=P(c1ccccc1)(c1ccccc1)c1cccc2c(-c3ccc(F)cc3)cc(-c3ccc(F)cc3)nc12. The first-order chi connectivity index (χ1) is 18.5. The van der Waals surface area contributed by atoms with Crippen LogP contribution in [0.1, 0.15) is 0 Å². The number of hydrogen-bond donors (Lipinski definition) is 0. The Bertz CT molecular complexity index is 1740. The van der Waals surface area contributed by atoms with Crippen LogP contribution in [0, 0.1) is 11.6 Å². The number of halogens is 2. The Hall–Kier alpha value is -4.40. The molecule has 2 nitrogen and oxygen atoms in total. The molecule has 0 unspecified atom stereocenters. The van der Waals surface area contributed by atoms with E-state index in [0.29, 0.717) is 27.1 Å². The Labute approximate surface area is 219 Å². The topological polar surface area (TPSA) is 30.0 Å². The normalized spacial score (nSPS) is 11.5.